The second-order valence-electron chi connectivity index (χ2n) is 2.74. The van der Waals surface area contributed by atoms with Crippen molar-refractivity contribution in [3.63, 3.8) is 0 Å². The Bertz CT molecular complexity index is 182. The molecule has 0 aromatic heterocycles. The quantitative estimate of drug-likeness (QED) is 0.378. The molecule has 4 heteroatoms. The summed E-state index contributed by atoms with van der Waals surface area (Å²) in [5.41, 5.74) is 0. The van der Waals surface area contributed by atoms with E-state index >= 15 is 0 Å². The smallest absolute Gasteiger partial charge is 0.109 e. The molecule has 1 fully saturated rings. The van der Waals surface area contributed by atoms with Gasteiger partial charge in [0, 0.05) is 11.3 Å². The van der Waals surface area contributed by atoms with E-state index in [0.717, 1.165) is 18.3 Å². The molecule has 0 bridgehead atoms. The molecule has 1 saturated heterocycles. The van der Waals surface area contributed by atoms with Crippen molar-refractivity contribution in [2.24, 2.45) is 0 Å². The van der Waals surface area contributed by atoms with Crippen LogP contribution >= 0.6 is 21.0 Å². The van der Waals surface area contributed by atoms with Crippen molar-refractivity contribution < 1.29 is 4.74 Å². The zero-order valence-corrected chi connectivity index (χ0v) is 8.87. The number of ether oxygens (including phenoxy) is 1. The standard InChI is InChI=1S/C8H12BOPS/c1-2-3-12-7-4-8(9)10-6(7)5-11/h1,6-8H,3-5,11H2. The maximum Gasteiger partial charge on any atom is 0.109 e. The molecule has 4 atom stereocenters. The lowest BCUT2D eigenvalue weighted by Gasteiger charge is -2.14. The summed E-state index contributed by atoms with van der Waals surface area (Å²) in [5.74, 6) is 3.37. The summed E-state index contributed by atoms with van der Waals surface area (Å²) >= 11 is 1.77. The van der Waals surface area contributed by atoms with Gasteiger partial charge in [-0.1, -0.05) is 5.92 Å². The molecule has 12 heavy (non-hydrogen) atoms. The average Bonchev–Trinajstić information content (AvgIpc) is 2.42. The summed E-state index contributed by atoms with van der Waals surface area (Å²) in [6, 6.07) is -0.0918. The van der Waals surface area contributed by atoms with Gasteiger partial charge in [0.15, 0.2) is 0 Å². The van der Waals surface area contributed by atoms with E-state index in [-0.39, 0.29) is 12.1 Å². The lowest BCUT2D eigenvalue weighted by Crippen LogP contribution is -2.20. The monoisotopic (exact) mass is 198 g/mol. The normalized spacial score (nSPS) is 34.8. The van der Waals surface area contributed by atoms with Crippen LogP contribution in [0.5, 0.6) is 0 Å². The molecule has 1 nitrogen and oxygen atoms in total. The molecule has 64 valence electrons. The van der Waals surface area contributed by atoms with Crippen LogP contribution in [0.3, 0.4) is 0 Å². The van der Waals surface area contributed by atoms with Gasteiger partial charge in [0.05, 0.1) is 11.9 Å². The third-order valence-electron chi connectivity index (χ3n) is 1.84. The largest absolute Gasteiger partial charge is 0.383 e. The Kier molecular flexibility index (Phi) is 4.50. The minimum absolute atomic E-state index is 0.0918. The Morgan fingerprint density at radius 3 is 3.08 bits per heavy atom. The van der Waals surface area contributed by atoms with E-state index in [1.54, 1.807) is 11.8 Å². The van der Waals surface area contributed by atoms with Gasteiger partial charge >= 0.3 is 0 Å². The van der Waals surface area contributed by atoms with Crippen molar-refractivity contribution in [3.05, 3.63) is 0 Å². The lowest BCUT2D eigenvalue weighted by molar-refractivity contribution is 0.106. The maximum absolute atomic E-state index is 5.67. The molecule has 1 rings (SSSR count). The van der Waals surface area contributed by atoms with Crippen LogP contribution in [0.25, 0.3) is 0 Å². The molecular weight excluding hydrogens is 186 g/mol. The molecule has 0 aliphatic carbocycles. The summed E-state index contributed by atoms with van der Waals surface area (Å²) in [7, 11) is 8.35. The van der Waals surface area contributed by atoms with Crippen LogP contribution in [0.1, 0.15) is 6.42 Å². The van der Waals surface area contributed by atoms with Crippen molar-refractivity contribution in [2.45, 2.75) is 23.8 Å². The molecule has 0 N–H and O–H groups in total. The topological polar surface area (TPSA) is 9.23 Å². The molecule has 0 aromatic carbocycles. The van der Waals surface area contributed by atoms with Gasteiger partial charge < -0.3 is 4.74 Å². The van der Waals surface area contributed by atoms with Gasteiger partial charge in [-0.15, -0.1) is 27.4 Å². The fourth-order valence-electron chi connectivity index (χ4n) is 1.29. The van der Waals surface area contributed by atoms with Gasteiger partial charge in [0.25, 0.3) is 0 Å². The summed E-state index contributed by atoms with van der Waals surface area (Å²) in [5, 5.41) is 0.480. The van der Waals surface area contributed by atoms with Crippen LogP contribution in [-0.2, 0) is 4.74 Å². The van der Waals surface area contributed by atoms with Crippen LogP contribution < -0.4 is 0 Å². The van der Waals surface area contributed by atoms with Crippen molar-refractivity contribution in [2.75, 3.05) is 11.9 Å². The van der Waals surface area contributed by atoms with Crippen LogP contribution in [0, 0.1) is 12.3 Å². The number of hydrogen-bond acceptors (Lipinski definition) is 2. The van der Waals surface area contributed by atoms with Crippen LogP contribution in [-0.4, -0.2) is 37.1 Å². The van der Waals surface area contributed by atoms with Gasteiger partial charge in [-0.05, 0) is 12.6 Å². The highest BCUT2D eigenvalue weighted by Crippen LogP contribution is 2.30. The Hall–Kier alpha value is 0.365. The highest BCUT2D eigenvalue weighted by Gasteiger charge is 2.31. The third kappa shape index (κ3) is 2.70. The molecular formula is C8H12BOPS. The molecule has 1 heterocycles. The third-order valence-corrected chi connectivity index (χ3v) is 3.56. The van der Waals surface area contributed by atoms with E-state index in [4.69, 9.17) is 19.0 Å². The molecule has 4 unspecified atom stereocenters. The van der Waals surface area contributed by atoms with E-state index < -0.39 is 0 Å². The first-order chi connectivity index (χ1) is 5.77. The fourth-order valence-corrected chi connectivity index (χ4v) is 2.95. The minimum Gasteiger partial charge on any atom is -0.383 e. The van der Waals surface area contributed by atoms with Gasteiger partial charge in [-0.25, -0.2) is 0 Å². The fraction of sp³-hybridized carbons (Fsp3) is 0.750. The Labute approximate surface area is 82.0 Å². The summed E-state index contributed by atoms with van der Waals surface area (Å²) in [6.07, 6.45) is 7.31. The van der Waals surface area contributed by atoms with Crippen molar-refractivity contribution in [3.8, 4) is 12.3 Å². The predicted octanol–water partition coefficient (Wildman–Crippen LogP) is 0.880. The van der Waals surface area contributed by atoms with E-state index in [1.807, 2.05) is 0 Å². The molecule has 0 spiro atoms. The molecule has 0 aromatic rings. The lowest BCUT2D eigenvalue weighted by atomic mass is 9.97. The molecule has 1 aliphatic heterocycles. The number of rotatable bonds is 3. The zero-order valence-electron chi connectivity index (χ0n) is 6.90. The number of terminal acetylenes is 1. The molecule has 0 amide bonds. The summed E-state index contributed by atoms with van der Waals surface area (Å²) in [6.45, 7) is 0. The van der Waals surface area contributed by atoms with Gasteiger partial charge in [-0.3, -0.25) is 0 Å². The second kappa shape index (κ2) is 5.17. The minimum atomic E-state index is -0.0918. The molecule has 0 saturated carbocycles. The van der Waals surface area contributed by atoms with E-state index in [9.17, 15) is 0 Å². The first-order valence-electron chi connectivity index (χ1n) is 3.94. The van der Waals surface area contributed by atoms with E-state index in [2.05, 4.69) is 15.2 Å². The van der Waals surface area contributed by atoms with Crippen molar-refractivity contribution in [1.29, 1.82) is 0 Å². The Morgan fingerprint density at radius 2 is 2.50 bits per heavy atom. The van der Waals surface area contributed by atoms with Crippen LogP contribution in [0.2, 0.25) is 0 Å². The zero-order chi connectivity index (χ0) is 8.97. The summed E-state index contributed by atoms with van der Waals surface area (Å²) in [4.78, 5) is 0. The van der Waals surface area contributed by atoms with Crippen LogP contribution in [0.15, 0.2) is 0 Å². The average molecular weight is 198 g/mol. The first-order valence-corrected chi connectivity index (χ1v) is 5.80. The Morgan fingerprint density at radius 1 is 1.75 bits per heavy atom. The van der Waals surface area contributed by atoms with Gasteiger partial charge in [0.1, 0.15) is 7.85 Å². The van der Waals surface area contributed by atoms with Crippen LogP contribution in [0.4, 0.5) is 0 Å². The van der Waals surface area contributed by atoms with Crippen molar-refractivity contribution >= 4 is 28.8 Å². The van der Waals surface area contributed by atoms with Crippen molar-refractivity contribution in [1.82, 2.24) is 0 Å². The highest BCUT2D eigenvalue weighted by atomic mass is 32.2. The SMILES string of the molecule is [B]C1CC(SCC#C)C(CP)O1. The highest BCUT2D eigenvalue weighted by molar-refractivity contribution is 8.00. The Balaban J connectivity index is 2.36. The van der Waals surface area contributed by atoms with E-state index in [1.165, 1.54) is 0 Å². The van der Waals surface area contributed by atoms with Gasteiger partial charge in [0.2, 0.25) is 0 Å². The second-order valence-corrected chi connectivity index (χ2v) is 4.44. The first kappa shape index (κ1) is 10.4. The van der Waals surface area contributed by atoms with Gasteiger partial charge in [-0.2, -0.15) is 0 Å². The van der Waals surface area contributed by atoms with E-state index in [0.29, 0.717) is 5.25 Å². The summed E-state index contributed by atoms with van der Waals surface area (Å²) < 4.78 is 5.49. The molecule has 2 radical (unpaired) electrons. The number of hydrogen-bond donors (Lipinski definition) is 0. The maximum atomic E-state index is 5.67. The molecule has 1 aliphatic rings. The predicted molar refractivity (Wildman–Crippen MR) is 58.7 cm³/mol. The number of thioether (sulfide) groups is 1.